The summed E-state index contributed by atoms with van der Waals surface area (Å²) < 4.78 is 0. The smallest absolute Gasteiger partial charge is 0.227 e. The fourth-order valence-corrected chi connectivity index (χ4v) is 3.12. The summed E-state index contributed by atoms with van der Waals surface area (Å²) in [6, 6.07) is 10.7. The molecule has 2 atom stereocenters. The Bertz CT molecular complexity index is 938. The maximum absolute atomic E-state index is 12.6. The van der Waals surface area contributed by atoms with Crippen LogP contribution in [0.25, 0.3) is 11.1 Å². The van der Waals surface area contributed by atoms with E-state index in [4.69, 9.17) is 5.73 Å². The molecule has 1 aliphatic rings. The van der Waals surface area contributed by atoms with Gasteiger partial charge in [0.25, 0.3) is 0 Å². The molecule has 6 nitrogen and oxygen atoms in total. The second-order valence-electron chi connectivity index (χ2n) is 6.56. The van der Waals surface area contributed by atoms with Crippen LogP contribution in [0, 0.1) is 28.6 Å². The number of pyridine rings is 1. The molecule has 1 aromatic heterocycles. The van der Waals surface area contributed by atoms with Crippen LogP contribution in [-0.2, 0) is 4.79 Å². The lowest BCUT2D eigenvalue weighted by Crippen LogP contribution is -2.22. The highest BCUT2D eigenvalue weighted by Crippen LogP contribution is 2.33. The van der Waals surface area contributed by atoms with Crippen LogP contribution in [0.3, 0.4) is 0 Å². The van der Waals surface area contributed by atoms with E-state index in [9.17, 15) is 15.3 Å². The fourth-order valence-electron chi connectivity index (χ4n) is 3.12. The van der Waals surface area contributed by atoms with Crippen molar-refractivity contribution in [3.63, 3.8) is 0 Å². The summed E-state index contributed by atoms with van der Waals surface area (Å²) in [7, 11) is 0. The number of nitrogens with one attached hydrogen (secondary N) is 1. The average Bonchev–Trinajstić information content (AvgIpc) is 2.66. The monoisotopic (exact) mass is 345 g/mol. The number of anilines is 1. The van der Waals surface area contributed by atoms with Crippen LogP contribution in [0.5, 0.6) is 0 Å². The van der Waals surface area contributed by atoms with E-state index in [1.807, 2.05) is 31.2 Å². The molecule has 2 aromatic rings. The molecule has 6 heteroatoms. The highest BCUT2D eigenvalue weighted by atomic mass is 16.1. The van der Waals surface area contributed by atoms with Gasteiger partial charge in [-0.05, 0) is 42.7 Å². The molecule has 0 aliphatic carbocycles. The number of hydrogen-bond donors (Lipinski definition) is 2. The van der Waals surface area contributed by atoms with Gasteiger partial charge in [0.05, 0.1) is 16.8 Å². The van der Waals surface area contributed by atoms with Crippen molar-refractivity contribution in [1.82, 2.24) is 4.98 Å². The lowest BCUT2D eigenvalue weighted by Gasteiger charge is -2.19. The number of benzene rings is 1. The summed E-state index contributed by atoms with van der Waals surface area (Å²) in [4.78, 5) is 16.9. The zero-order valence-electron chi connectivity index (χ0n) is 14.5. The third-order valence-corrected chi connectivity index (χ3v) is 4.73. The Morgan fingerprint density at radius 3 is 2.65 bits per heavy atom. The molecule has 0 saturated carbocycles. The van der Waals surface area contributed by atoms with Gasteiger partial charge < -0.3 is 11.1 Å². The molecule has 26 heavy (non-hydrogen) atoms. The molecule has 0 unspecified atom stereocenters. The minimum Gasteiger partial charge on any atom is -0.325 e. The van der Waals surface area contributed by atoms with E-state index >= 15 is 0 Å². The third kappa shape index (κ3) is 3.42. The van der Waals surface area contributed by atoms with E-state index in [1.165, 1.54) is 0 Å². The van der Waals surface area contributed by atoms with E-state index in [-0.39, 0.29) is 29.0 Å². The average molecular weight is 345 g/mol. The highest BCUT2D eigenvalue weighted by molar-refractivity contribution is 5.97. The molecule has 0 spiro atoms. The van der Waals surface area contributed by atoms with Gasteiger partial charge in [0.1, 0.15) is 12.1 Å². The van der Waals surface area contributed by atoms with Gasteiger partial charge in [-0.1, -0.05) is 13.3 Å². The molecule has 0 fully saturated rings. The van der Waals surface area contributed by atoms with Gasteiger partial charge in [-0.2, -0.15) is 10.5 Å². The molecule has 130 valence electrons. The number of amides is 1. The van der Waals surface area contributed by atoms with E-state index in [1.54, 1.807) is 18.3 Å². The van der Waals surface area contributed by atoms with Crippen molar-refractivity contribution in [2.75, 3.05) is 5.32 Å². The molecular formula is C20H19N5O. The van der Waals surface area contributed by atoms with Crippen LogP contribution in [0.15, 0.2) is 30.5 Å². The Morgan fingerprint density at radius 1 is 1.19 bits per heavy atom. The van der Waals surface area contributed by atoms with Gasteiger partial charge >= 0.3 is 0 Å². The topological polar surface area (TPSA) is 116 Å². The summed E-state index contributed by atoms with van der Waals surface area (Å²) >= 11 is 0. The Balaban J connectivity index is 2.23. The molecule has 1 aliphatic heterocycles. The Labute approximate surface area is 152 Å². The van der Waals surface area contributed by atoms with Crippen LogP contribution in [0.2, 0.25) is 0 Å². The first kappa shape index (κ1) is 17.6. The van der Waals surface area contributed by atoms with Crippen molar-refractivity contribution in [3.05, 3.63) is 47.3 Å². The number of rotatable bonds is 0. The van der Waals surface area contributed by atoms with Crippen molar-refractivity contribution in [2.24, 2.45) is 11.7 Å². The summed E-state index contributed by atoms with van der Waals surface area (Å²) in [5, 5.41) is 21.6. The Hall–Kier alpha value is -3.22. The summed E-state index contributed by atoms with van der Waals surface area (Å²) in [5.41, 5.74) is 9.53. The molecule has 0 saturated heterocycles. The van der Waals surface area contributed by atoms with Crippen molar-refractivity contribution in [2.45, 2.75) is 32.2 Å². The number of nitrogens with zero attached hydrogens (tertiary/aromatic N) is 3. The predicted octanol–water partition coefficient (Wildman–Crippen LogP) is 3.25. The zero-order chi connectivity index (χ0) is 18.7. The predicted molar refractivity (Wildman–Crippen MR) is 97.7 cm³/mol. The SMILES string of the molecule is C[C@@H]1CCC[C@H](N)c2cc(ccn2)-c2cc(C#N)c(C#N)cc2NC1=O. The highest BCUT2D eigenvalue weighted by Gasteiger charge is 2.20. The largest absolute Gasteiger partial charge is 0.325 e. The Morgan fingerprint density at radius 2 is 1.92 bits per heavy atom. The normalized spacial score (nSPS) is 19.8. The molecule has 0 radical (unpaired) electrons. The number of aromatic nitrogens is 1. The number of carbonyl (C=O) groups is 1. The quantitative estimate of drug-likeness (QED) is 0.760. The van der Waals surface area contributed by atoms with E-state index in [0.717, 1.165) is 30.5 Å². The number of fused-ring (bicyclic) bond motifs is 4. The van der Waals surface area contributed by atoms with Gasteiger partial charge in [0.2, 0.25) is 5.91 Å². The van der Waals surface area contributed by atoms with Crippen LogP contribution >= 0.6 is 0 Å². The van der Waals surface area contributed by atoms with Crippen LogP contribution < -0.4 is 11.1 Å². The van der Waals surface area contributed by atoms with Gasteiger partial charge in [0.15, 0.2) is 0 Å². The van der Waals surface area contributed by atoms with Crippen LogP contribution in [0.1, 0.15) is 49.0 Å². The maximum Gasteiger partial charge on any atom is 0.227 e. The first-order chi connectivity index (χ1) is 12.5. The van der Waals surface area contributed by atoms with E-state index in [0.29, 0.717) is 11.3 Å². The Kier molecular flexibility index (Phi) is 4.97. The second-order valence-corrected chi connectivity index (χ2v) is 6.56. The molecule has 2 bridgehead atoms. The zero-order valence-corrected chi connectivity index (χ0v) is 14.5. The minimum absolute atomic E-state index is 0.108. The molecule has 3 N–H and O–H groups in total. The van der Waals surface area contributed by atoms with Crippen LogP contribution in [-0.4, -0.2) is 10.9 Å². The van der Waals surface area contributed by atoms with Gasteiger partial charge in [-0.3, -0.25) is 9.78 Å². The molecule has 2 heterocycles. The van der Waals surface area contributed by atoms with E-state index in [2.05, 4.69) is 10.3 Å². The number of carbonyl (C=O) groups excluding carboxylic acids is 1. The number of nitriles is 2. The first-order valence-corrected chi connectivity index (χ1v) is 8.54. The standard InChI is InChI=1S/C20H19N5O/c1-12-3-2-4-17(23)19-8-13(5-6-24-19)16-7-14(10-21)15(11-22)9-18(16)25-20(12)26/h5-9,12,17H,2-4,23H2,1H3,(H,25,26)/t12-,17+/m1/s1. The lowest BCUT2D eigenvalue weighted by atomic mass is 9.94. The maximum atomic E-state index is 12.6. The van der Waals surface area contributed by atoms with Crippen molar-refractivity contribution in [1.29, 1.82) is 10.5 Å². The number of nitrogens with two attached hydrogens (primary N) is 1. The molecular weight excluding hydrogens is 326 g/mol. The van der Waals surface area contributed by atoms with Gasteiger partial charge in [-0.25, -0.2) is 0 Å². The molecule has 1 aromatic carbocycles. The second kappa shape index (κ2) is 7.35. The summed E-state index contributed by atoms with van der Waals surface area (Å²) in [5.74, 6) is -0.287. The van der Waals surface area contributed by atoms with Crippen molar-refractivity contribution >= 4 is 11.6 Å². The molecule has 3 rings (SSSR count). The number of hydrogen-bond acceptors (Lipinski definition) is 5. The summed E-state index contributed by atoms with van der Waals surface area (Å²) in [6.07, 6.45) is 3.97. The fraction of sp³-hybridized carbons (Fsp3) is 0.300. The van der Waals surface area contributed by atoms with Gasteiger partial charge in [-0.15, -0.1) is 0 Å². The first-order valence-electron chi connectivity index (χ1n) is 8.54. The summed E-state index contributed by atoms with van der Waals surface area (Å²) in [6.45, 7) is 1.87. The van der Waals surface area contributed by atoms with Gasteiger partial charge in [0, 0.05) is 29.4 Å². The van der Waals surface area contributed by atoms with Crippen molar-refractivity contribution in [3.8, 4) is 23.3 Å². The third-order valence-electron chi connectivity index (χ3n) is 4.73. The van der Waals surface area contributed by atoms with Crippen molar-refractivity contribution < 1.29 is 4.79 Å². The van der Waals surface area contributed by atoms with E-state index < -0.39 is 0 Å². The minimum atomic E-state index is -0.207. The lowest BCUT2D eigenvalue weighted by molar-refractivity contribution is -0.119. The van der Waals surface area contributed by atoms with Crippen LogP contribution in [0.4, 0.5) is 5.69 Å². The molecule has 1 amide bonds.